The summed E-state index contributed by atoms with van der Waals surface area (Å²) in [5.41, 5.74) is 7.86. The van der Waals surface area contributed by atoms with E-state index in [4.69, 9.17) is 17.3 Å². The van der Waals surface area contributed by atoms with E-state index in [1.54, 1.807) is 18.2 Å². The first-order valence-corrected chi connectivity index (χ1v) is 7.25. The van der Waals surface area contributed by atoms with Gasteiger partial charge in [-0.3, -0.25) is 4.79 Å². The molecule has 1 unspecified atom stereocenters. The first kappa shape index (κ1) is 14.9. The van der Waals surface area contributed by atoms with E-state index in [0.717, 1.165) is 10.0 Å². The van der Waals surface area contributed by atoms with Crippen molar-refractivity contribution in [3.63, 3.8) is 0 Å². The standard InChI is InChI=1S/C15H14BrClN2O/c1-9(10-2-4-14(18)5-3-10)19-15(20)11-6-12(16)8-13(17)7-11/h2-9H,18H2,1H3,(H,19,20). The minimum Gasteiger partial charge on any atom is -0.399 e. The Bertz CT molecular complexity index is 608. The molecule has 1 atom stereocenters. The van der Waals surface area contributed by atoms with Crippen LogP contribution in [-0.4, -0.2) is 5.91 Å². The van der Waals surface area contributed by atoms with Gasteiger partial charge in [-0.2, -0.15) is 0 Å². The van der Waals surface area contributed by atoms with Gasteiger partial charge in [0, 0.05) is 20.7 Å². The zero-order valence-electron chi connectivity index (χ0n) is 10.9. The van der Waals surface area contributed by atoms with Crippen molar-refractivity contribution in [1.82, 2.24) is 5.32 Å². The molecule has 0 aromatic heterocycles. The molecule has 0 spiro atoms. The minimum absolute atomic E-state index is 0.110. The molecule has 2 aromatic rings. The molecule has 2 rings (SSSR count). The Morgan fingerprint density at radius 2 is 1.90 bits per heavy atom. The summed E-state index contributed by atoms with van der Waals surface area (Å²) in [5, 5.41) is 3.45. The number of carbonyl (C=O) groups is 1. The number of amides is 1. The summed E-state index contributed by atoms with van der Waals surface area (Å²) in [6.45, 7) is 1.92. The molecule has 1 amide bonds. The molecule has 3 N–H and O–H groups in total. The van der Waals surface area contributed by atoms with Crippen LogP contribution in [0.2, 0.25) is 5.02 Å². The Balaban J connectivity index is 2.12. The number of halogens is 2. The van der Waals surface area contributed by atoms with Crippen LogP contribution in [0.1, 0.15) is 28.9 Å². The topological polar surface area (TPSA) is 55.1 Å². The molecular formula is C15H14BrClN2O. The number of carbonyl (C=O) groups excluding carboxylic acids is 1. The van der Waals surface area contributed by atoms with Crippen LogP contribution in [0, 0.1) is 0 Å². The highest BCUT2D eigenvalue weighted by molar-refractivity contribution is 9.10. The molecule has 3 nitrogen and oxygen atoms in total. The number of anilines is 1. The fourth-order valence-electron chi connectivity index (χ4n) is 1.83. The van der Waals surface area contributed by atoms with Gasteiger partial charge in [0.05, 0.1) is 6.04 Å². The predicted octanol–water partition coefficient (Wildman–Crippen LogP) is 4.18. The fraction of sp³-hybridized carbons (Fsp3) is 0.133. The lowest BCUT2D eigenvalue weighted by molar-refractivity contribution is 0.0940. The molecule has 0 aliphatic carbocycles. The second kappa shape index (κ2) is 6.29. The van der Waals surface area contributed by atoms with E-state index in [2.05, 4.69) is 21.2 Å². The summed E-state index contributed by atoms with van der Waals surface area (Å²) in [6.07, 6.45) is 0. The maximum atomic E-state index is 12.2. The Kier molecular flexibility index (Phi) is 4.68. The first-order chi connectivity index (χ1) is 9.45. The molecule has 0 heterocycles. The Morgan fingerprint density at radius 1 is 1.25 bits per heavy atom. The highest BCUT2D eigenvalue weighted by atomic mass is 79.9. The third-order valence-corrected chi connectivity index (χ3v) is 3.58. The largest absolute Gasteiger partial charge is 0.399 e. The molecular weight excluding hydrogens is 340 g/mol. The third-order valence-electron chi connectivity index (χ3n) is 2.91. The molecule has 0 radical (unpaired) electrons. The lowest BCUT2D eigenvalue weighted by Gasteiger charge is -2.15. The number of nitrogens with one attached hydrogen (secondary N) is 1. The van der Waals surface area contributed by atoms with Gasteiger partial charge in [-0.15, -0.1) is 0 Å². The smallest absolute Gasteiger partial charge is 0.251 e. The first-order valence-electron chi connectivity index (χ1n) is 6.08. The molecule has 5 heteroatoms. The molecule has 20 heavy (non-hydrogen) atoms. The van der Waals surface area contributed by atoms with Gasteiger partial charge in [0.1, 0.15) is 0 Å². The third kappa shape index (κ3) is 3.74. The van der Waals surface area contributed by atoms with E-state index >= 15 is 0 Å². The number of nitrogen functional groups attached to an aromatic ring is 1. The number of nitrogens with two attached hydrogens (primary N) is 1. The summed E-state index contributed by atoms with van der Waals surface area (Å²) < 4.78 is 0.773. The quantitative estimate of drug-likeness (QED) is 0.813. The van der Waals surface area contributed by atoms with Crippen molar-refractivity contribution in [3.05, 3.63) is 63.1 Å². The van der Waals surface area contributed by atoms with Gasteiger partial charge in [0.25, 0.3) is 5.91 Å². The number of benzene rings is 2. The van der Waals surface area contributed by atoms with E-state index in [-0.39, 0.29) is 11.9 Å². The maximum absolute atomic E-state index is 12.2. The van der Waals surface area contributed by atoms with Crippen LogP contribution in [0.15, 0.2) is 46.9 Å². The van der Waals surface area contributed by atoms with Crippen molar-refractivity contribution >= 4 is 39.1 Å². The summed E-state index contributed by atoms with van der Waals surface area (Å²) in [5.74, 6) is -0.169. The Morgan fingerprint density at radius 3 is 2.50 bits per heavy atom. The van der Waals surface area contributed by atoms with Crippen LogP contribution in [-0.2, 0) is 0 Å². The molecule has 0 saturated carbocycles. The zero-order valence-corrected chi connectivity index (χ0v) is 13.2. The number of hydrogen-bond acceptors (Lipinski definition) is 2. The molecule has 0 saturated heterocycles. The van der Waals surface area contributed by atoms with E-state index in [1.165, 1.54) is 0 Å². The van der Waals surface area contributed by atoms with E-state index < -0.39 is 0 Å². The molecule has 0 aliphatic heterocycles. The Labute approximate surface area is 131 Å². The maximum Gasteiger partial charge on any atom is 0.251 e. The van der Waals surface area contributed by atoms with E-state index in [0.29, 0.717) is 16.3 Å². The highest BCUT2D eigenvalue weighted by Gasteiger charge is 2.12. The van der Waals surface area contributed by atoms with Crippen molar-refractivity contribution in [2.75, 3.05) is 5.73 Å². The Hall–Kier alpha value is -1.52. The van der Waals surface area contributed by atoms with Crippen LogP contribution in [0.3, 0.4) is 0 Å². The van der Waals surface area contributed by atoms with Gasteiger partial charge in [0.2, 0.25) is 0 Å². The van der Waals surface area contributed by atoms with Crippen LogP contribution in [0.25, 0.3) is 0 Å². The molecule has 2 aromatic carbocycles. The van der Waals surface area contributed by atoms with Crippen molar-refractivity contribution in [1.29, 1.82) is 0 Å². The van der Waals surface area contributed by atoms with Gasteiger partial charge in [-0.25, -0.2) is 0 Å². The predicted molar refractivity (Wildman–Crippen MR) is 85.9 cm³/mol. The van der Waals surface area contributed by atoms with Gasteiger partial charge >= 0.3 is 0 Å². The summed E-state index contributed by atoms with van der Waals surface area (Å²) in [4.78, 5) is 12.2. The van der Waals surface area contributed by atoms with Gasteiger partial charge in [0.15, 0.2) is 0 Å². The second-order valence-corrected chi connectivity index (χ2v) is 5.87. The van der Waals surface area contributed by atoms with E-state index in [1.807, 2.05) is 31.2 Å². The average Bonchev–Trinajstić information content (AvgIpc) is 2.38. The van der Waals surface area contributed by atoms with Crippen LogP contribution < -0.4 is 11.1 Å². The fourth-order valence-corrected chi connectivity index (χ4v) is 2.69. The number of hydrogen-bond donors (Lipinski definition) is 2. The average molecular weight is 354 g/mol. The second-order valence-electron chi connectivity index (χ2n) is 4.52. The van der Waals surface area contributed by atoms with Crippen molar-refractivity contribution in [3.8, 4) is 0 Å². The lowest BCUT2D eigenvalue weighted by Crippen LogP contribution is -2.26. The van der Waals surface area contributed by atoms with Gasteiger partial charge < -0.3 is 11.1 Å². The summed E-state index contributed by atoms with van der Waals surface area (Å²) in [6, 6.07) is 12.4. The molecule has 0 aliphatic rings. The SMILES string of the molecule is CC(NC(=O)c1cc(Cl)cc(Br)c1)c1ccc(N)cc1. The van der Waals surface area contributed by atoms with Gasteiger partial charge in [-0.05, 0) is 42.8 Å². The normalized spacial score (nSPS) is 11.9. The lowest BCUT2D eigenvalue weighted by atomic mass is 10.1. The minimum atomic E-state index is -0.169. The van der Waals surface area contributed by atoms with E-state index in [9.17, 15) is 4.79 Å². The van der Waals surface area contributed by atoms with Crippen molar-refractivity contribution < 1.29 is 4.79 Å². The zero-order chi connectivity index (χ0) is 14.7. The molecule has 0 bridgehead atoms. The van der Waals surface area contributed by atoms with Crippen LogP contribution in [0.5, 0.6) is 0 Å². The highest BCUT2D eigenvalue weighted by Crippen LogP contribution is 2.21. The van der Waals surface area contributed by atoms with Crippen LogP contribution in [0.4, 0.5) is 5.69 Å². The van der Waals surface area contributed by atoms with Crippen molar-refractivity contribution in [2.45, 2.75) is 13.0 Å². The monoisotopic (exact) mass is 352 g/mol. The van der Waals surface area contributed by atoms with Gasteiger partial charge in [-0.1, -0.05) is 39.7 Å². The summed E-state index contributed by atoms with van der Waals surface area (Å²) in [7, 11) is 0. The number of rotatable bonds is 3. The van der Waals surface area contributed by atoms with Crippen LogP contribution >= 0.6 is 27.5 Å². The molecule has 104 valence electrons. The summed E-state index contributed by atoms with van der Waals surface area (Å²) >= 11 is 9.26. The molecule has 0 fully saturated rings. The van der Waals surface area contributed by atoms with Crippen molar-refractivity contribution in [2.24, 2.45) is 0 Å².